The highest BCUT2D eigenvalue weighted by atomic mass is 16.5. The van der Waals surface area contributed by atoms with Crippen molar-refractivity contribution in [1.82, 2.24) is 19.9 Å². The van der Waals surface area contributed by atoms with E-state index < -0.39 is 11.1 Å². The van der Waals surface area contributed by atoms with E-state index >= 15 is 0 Å². The SMILES string of the molecule is Cc1nc(/C=C/c2nc(C)c(/C=[N+](\O)C(C)(C)C)nc2C)c(C)nc1/C=[N+](\[O-])C(C)(C)C. The van der Waals surface area contributed by atoms with Gasteiger partial charge in [-0.2, -0.15) is 0 Å². The van der Waals surface area contributed by atoms with Gasteiger partial charge in [-0.05, 0) is 44.6 Å². The largest absolute Gasteiger partial charge is 0.623 e. The monoisotopic (exact) mass is 439 g/mol. The van der Waals surface area contributed by atoms with E-state index in [1.165, 1.54) is 6.21 Å². The van der Waals surface area contributed by atoms with Gasteiger partial charge in [-0.15, -0.1) is 0 Å². The van der Waals surface area contributed by atoms with Gasteiger partial charge in [-0.25, -0.2) is 24.7 Å². The third-order valence-electron chi connectivity index (χ3n) is 4.87. The highest BCUT2D eigenvalue weighted by molar-refractivity contribution is 5.77. The summed E-state index contributed by atoms with van der Waals surface area (Å²) in [5.74, 6) is 0. The van der Waals surface area contributed by atoms with Gasteiger partial charge >= 0.3 is 0 Å². The lowest BCUT2D eigenvalue weighted by Crippen LogP contribution is -2.31. The van der Waals surface area contributed by atoms with E-state index in [9.17, 15) is 10.4 Å². The summed E-state index contributed by atoms with van der Waals surface area (Å²) >= 11 is 0. The Bertz CT molecular complexity index is 1020. The second-order valence-electron chi connectivity index (χ2n) is 9.93. The molecule has 2 aromatic heterocycles. The summed E-state index contributed by atoms with van der Waals surface area (Å²) in [7, 11) is 0. The number of aromatic nitrogens is 4. The summed E-state index contributed by atoms with van der Waals surface area (Å²) in [4.78, 5) is 18.4. The van der Waals surface area contributed by atoms with Gasteiger partial charge in [-0.3, -0.25) is 5.21 Å². The molecule has 0 saturated carbocycles. The van der Waals surface area contributed by atoms with Gasteiger partial charge in [0.15, 0.2) is 11.2 Å². The van der Waals surface area contributed by atoms with Crippen molar-refractivity contribution in [3.8, 4) is 0 Å². The molecule has 0 aromatic carbocycles. The smallest absolute Gasteiger partial charge is 0.243 e. The van der Waals surface area contributed by atoms with Crippen molar-refractivity contribution in [2.24, 2.45) is 0 Å². The van der Waals surface area contributed by atoms with Gasteiger partial charge in [-0.1, -0.05) is 0 Å². The molecule has 0 saturated heterocycles. The average Bonchev–Trinajstić information content (AvgIpc) is 2.64. The van der Waals surface area contributed by atoms with Crippen molar-refractivity contribution >= 4 is 24.6 Å². The first-order valence-electron chi connectivity index (χ1n) is 10.6. The van der Waals surface area contributed by atoms with Crippen LogP contribution in [0.15, 0.2) is 0 Å². The number of hydroxylamine groups is 2. The Morgan fingerprint density at radius 1 is 0.625 bits per heavy atom. The molecule has 2 heterocycles. The predicted molar refractivity (Wildman–Crippen MR) is 127 cm³/mol. The van der Waals surface area contributed by atoms with E-state index in [-0.39, 0.29) is 0 Å². The Hall–Kier alpha value is -3.16. The third-order valence-corrected chi connectivity index (χ3v) is 4.87. The maximum atomic E-state index is 12.3. The van der Waals surface area contributed by atoms with Crippen LogP contribution in [-0.2, 0) is 0 Å². The molecule has 2 aromatic rings. The molecule has 8 nitrogen and oxygen atoms in total. The molecule has 0 fully saturated rings. The van der Waals surface area contributed by atoms with Crippen LogP contribution in [0.2, 0.25) is 0 Å². The lowest BCUT2D eigenvalue weighted by Gasteiger charge is -2.18. The van der Waals surface area contributed by atoms with Crippen LogP contribution in [0, 0.1) is 32.9 Å². The summed E-state index contributed by atoms with van der Waals surface area (Å²) in [5, 5.41) is 22.5. The minimum atomic E-state index is -0.543. The first kappa shape index (κ1) is 25.1. The molecule has 2 rings (SSSR count). The fraction of sp³-hybridized carbons (Fsp3) is 0.500. The van der Waals surface area contributed by atoms with Crippen LogP contribution in [0.5, 0.6) is 0 Å². The van der Waals surface area contributed by atoms with Crippen LogP contribution >= 0.6 is 0 Å². The number of aryl methyl sites for hydroxylation is 4. The molecule has 0 aliphatic rings. The maximum absolute atomic E-state index is 12.3. The molecule has 8 heteroatoms. The predicted octanol–water partition coefficient (Wildman–Crippen LogP) is 4.02. The third kappa shape index (κ3) is 6.18. The molecule has 1 N–H and O–H groups in total. The molecule has 0 aliphatic heterocycles. The molecule has 0 amide bonds. The second-order valence-corrected chi connectivity index (χ2v) is 9.93. The summed E-state index contributed by atoms with van der Waals surface area (Å²) in [6.07, 6.45) is 6.78. The van der Waals surface area contributed by atoms with Crippen molar-refractivity contribution in [2.45, 2.75) is 80.3 Å². The summed E-state index contributed by atoms with van der Waals surface area (Å²) in [6.45, 7) is 18.7. The van der Waals surface area contributed by atoms with Crippen LogP contribution in [-0.4, -0.2) is 58.1 Å². The molecule has 0 bridgehead atoms. The van der Waals surface area contributed by atoms with E-state index in [0.717, 1.165) is 15.2 Å². The number of hydrogen-bond acceptors (Lipinski definition) is 6. The lowest BCUT2D eigenvalue weighted by atomic mass is 10.1. The quantitative estimate of drug-likeness (QED) is 0.254. The molecule has 32 heavy (non-hydrogen) atoms. The van der Waals surface area contributed by atoms with Crippen LogP contribution in [0.3, 0.4) is 0 Å². The summed E-state index contributed by atoms with van der Waals surface area (Å²) in [6, 6.07) is 0. The van der Waals surface area contributed by atoms with Crippen LogP contribution in [0.4, 0.5) is 0 Å². The first-order chi connectivity index (χ1) is 14.6. The Balaban J connectivity index is 2.38. The van der Waals surface area contributed by atoms with Gasteiger partial charge < -0.3 is 5.21 Å². The first-order valence-corrected chi connectivity index (χ1v) is 10.6. The Morgan fingerprint density at radius 3 is 1.34 bits per heavy atom. The molecule has 0 unspecified atom stereocenters. The lowest BCUT2D eigenvalue weighted by molar-refractivity contribution is -0.816. The summed E-state index contributed by atoms with van der Waals surface area (Å²) < 4.78 is 2.04. The standard InChI is InChI=1S/C24H35N6O2/c1-15-19(25-17(3)21(27-15)13-29(31)23(5,6)7)11-12-20-16(2)28-22(18(4)26-20)14-30(32)24(8,9)10/h11-14,31H,1-10H3/q+1/b30-14-. The topological polar surface area (TPSA) is 101 Å². The molecule has 0 spiro atoms. The fourth-order valence-electron chi connectivity index (χ4n) is 2.61. The van der Waals surface area contributed by atoms with Crippen molar-refractivity contribution < 1.29 is 14.7 Å². The number of rotatable bonds is 4. The fourth-order valence-corrected chi connectivity index (χ4v) is 2.61. The summed E-state index contributed by atoms with van der Waals surface area (Å²) in [5.41, 5.74) is 4.45. The molecule has 172 valence electrons. The Labute approximate surface area is 190 Å². The molecular weight excluding hydrogens is 404 g/mol. The molecule has 0 aliphatic carbocycles. The van der Waals surface area contributed by atoms with E-state index in [0.29, 0.717) is 39.9 Å². The Morgan fingerprint density at radius 2 is 0.969 bits per heavy atom. The zero-order valence-corrected chi connectivity index (χ0v) is 20.8. The van der Waals surface area contributed by atoms with E-state index in [2.05, 4.69) is 19.9 Å². The molecule has 0 atom stereocenters. The number of hydrogen-bond donors (Lipinski definition) is 1. The van der Waals surface area contributed by atoms with Gasteiger partial charge in [0.05, 0.1) is 34.2 Å². The average molecular weight is 440 g/mol. The second kappa shape index (κ2) is 9.14. The molecular formula is C24H35N6O2+. The molecule has 0 radical (unpaired) electrons. The van der Waals surface area contributed by atoms with Crippen molar-refractivity contribution in [3.05, 3.63) is 50.8 Å². The van der Waals surface area contributed by atoms with Crippen molar-refractivity contribution in [1.29, 1.82) is 0 Å². The van der Waals surface area contributed by atoms with Crippen LogP contribution in [0.25, 0.3) is 12.2 Å². The highest BCUT2D eigenvalue weighted by Gasteiger charge is 2.25. The van der Waals surface area contributed by atoms with Crippen LogP contribution < -0.4 is 0 Å². The van der Waals surface area contributed by atoms with Gasteiger partial charge in [0.1, 0.15) is 5.69 Å². The van der Waals surface area contributed by atoms with E-state index in [4.69, 9.17) is 0 Å². The van der Waals surface area contributed by atoms with Crippen molar-refractivity contribution in [3.63, 3.8) is 0 Å². The van der Waals surface area contributed by atoms with Gasteiger partial charge in [0.25, 0.3) is 0 Å². The van der Waals surface area contributed by atoms with E-state index in [1.807, 2.05) is 81.4 Å². The van der Waals surface area contributed by atoms with E-state index in [1.54, 1.807) is 6.21 Å². The van der Waals surface area contributed by atoms with Crippen LogP contribution in [0.1, 0.15) is 87.1 Å². The van der Waals surface area contributed by atoms with Crippen molar-refractivity contribution in [2.75, 3.05) is 0 Å². The minimum absolute atomic E-state index is 0.436. The zero-order valence-electron chi connectivity index (χ0n) is 20.8. The maximum Gasteiger partial charge on any atom is 0.243 e. The number of nitrogens with zero attached hydrogens (tertiary/aromatic N) is 6. The minimum Gasteiger partial charge on any atom is -0.623 e. The zero-order chi connectivity index (χ0) is 24.4. The van der Waals surface area contributed by atoms with Gasteiger partial charge in [0.2, 0.25) is 18.0 Å². The van der Waals surface area contributed by atoms with Gasteiger partial charge in [0, 0.05) is 41.5 Å². The normalized spacial score (nSPS) is 13.8. The Kier molecular flexibility index (Phi) is 7.17. The highest BCUT2D eigenvalue weighted by Crippen LogP contribution is 2.15.